The molecule has 1 amide bonds. The molecule has 1 atom stereocenters. The number of ether oxygens (including phenoxy) is 2. The lowest BCUT2D eigenvalue weighted by Gasteiger charge is -2.41. The van der Waals surface area contributed by atoms with E-state index in [0.29, 0.717) is 25.6 Å². The zero-order valence-electron chi connectivity index (χ0n) is 17.4. The van der Waals surface area contributed by atoms with Crippen LogP contribution in [0, 0.1) is 0 Å². The average Bonchev–Trinajstić information content (AvgIpc) is 3.41. The Bertz CT molecular complexity index is 1030. The van der Waals surface area contributed by atoms with E-state index in [9.17, 15) is 13.2 Å². The number of piperidine rings is 1. The van der Waals surface area contributed by atoms with Crippen molar-refractivity contribution in [1.82, 2.24) is 19.2 Å². The van der Waals surface area contributed by atoms with Gasteiger partial charge < -0.3 is 19.4 Å². The molecule has 0 bridgehead atoms. The number of hydrogen-bond donors (Lipinski definition) is 1. The van der Waals surface area contributed by atoms with Gasteiger partial charge in [0, 0.05) is 50.6 Å². The summed E-state index contributed by atoms with van der Waals surface area (Å²) < 4.78 is 38.3. The van der Waals surface area contributed by atoms with Gasteiger partial charge in [0.15, 0.2) is 0 Å². The Labute approximate surface area is 181 Å². The molecule has 5 rings (SSSR count). The van der Waals surface area contributed by atoms with E-state index in [0.717, 1.165) is 36.7 Å². The van der Waals surface area contributed by atoms with Crippen LogP contribution in [0.25, 0.3) is 11.0 Å². The van der Waals surface area contributed by atoms with Crippen LogP contribution in [0.15, 0.2) is 24.5 Å². The smallest absolute Gasteiger partial charge is 0.409 e. The predicted octanol–water partition coefficient (Wildman–Crippen LogP) is 2.07. The first kappa shape index (κ1) is 20.7. The van der Waals surface area contributed by atoms with Gasteiger partial charge in [0.05, 0.1) is 6.10 Å². The molecule has 0 spiro atoms. The molecule has 2 aromatic heterocycles. The molecule has 0 radical (unpaired) electrons. The number of pyridine rings is 1. The van der Waals surface area contributed by atoms with Crippen molar-refractivity contribution in [3.63, 3.8) is 0 Å². The summed E-state index contributed by atoms with van der Waals surface area (Å²) in [5.41, 5.74) is 2.08. The van der Waals surface area contributed by atoms with E-state index in [1.807, 2.05) is 12.3 Å². The maximum absolute atomic E-state index is 13.0. The monoisotopic (exact) mass is 448 g/mol. The number of aromatic nitrogens is 2. The molecule has 0 unspecified atom stereocenters. The van der Waals surface area contributed by atoms with E-state index >= 15 is 0 Å². The number of carbonyl (C=O) groups is 1. The van der Waals surface area contributed by atoms with Crippen molar-refractivity contribution in [3.8, 4) is 0 Å². The Hall–Kier alpha value is -2.17. The van der Waals surface area contributed by atoms with Gasteiger partial charge in [0.1, 0.15) is 17.5 Å². The number of nitrogens with one attached hydrogen (secondary N) is 1. The van der Waals surface area contributed by atoms with Gasteiger partial charge in [-0.05, 0) is 49.3 Å². The summed E-state index contributed by atoms with van der Waals surface area (Å²) >= 11 is 0. The third kappa shape index (κ3) is 4.04. The van der Waals surface area contributed by atoms with Crippen LogP contribution in [0.2, 0.25) is 0 Å². The van der Waals surface area contributed by atoms with Gasteiger partial charge >= 0.3 is 6.09 Å². The van der Waals surface area contributed by atoms with Crippen molar-refractivity contribution >= 4 is 27.1 Å². The Kier molecular flexibility index (Phi) is 5.61. The maximum atomic E-state index is 13.0. The molecule has 1 N–H and O–H groups in total. The minimum absolute atomic E-state index is 0.0287. The number of carbonyl (C=O) groups excluding carboxylic acids is 1. The molecule has 5 heterocycles. The summed E-state index contributed by atoms with van der Waals surface area (Å²) in [5.74, 6) is 0.315. The second kappa shape index (κ2) is 8.40. The van der Waals surface area contributed by atoms with Crippen LogP contribution in [0.1, 0.15) is 37.2 Å². The predicted molar refractivity (Wildman–Crippen MR) is 114 cm³/mol. The Morgan fingerprint density at radius 3 is 2.81 bits per heavy atom. The third-order valence-corrected chi connectivity index (χ3v) is 8.91. The zero-order chi connectivity index (χ0) is 21.4. The molecular weight excluding hydrogens is 420 g/mol. The van der Waals surface area contributed by atoms with Crippen molar-refractivity contribution < 1.29 is 22.7 Å². The first-order valence-electron chi connectivity index (χ1n) is 11.0. The van der Waals surface area contributed by atoms with E-state index in [2.05, 4.69) is 16.0 Å². The number of H-pyrrole nitrogens is 1. The molecule has 0 aliphatic carbocycles. The molecule has 3 saturated heterocycles. The van der Waals surface area contributed by atoms with Gasteiger partial charge in [-0.15, -0.1) is 0 Å². The van der Waals surface area contributed by atoms with Gasteiger partial charge in [0.2, 0.25) is 10.0 Å². The molecule has 3 fully saturated rings. The molecule has 3 aliphatic rings. The second-order valence-corrected chi connectivity index (χ2v) is 10.8. The summed E-state index contributed by atoms with van der Waals surface area (Å²) in [4.78, 5) is 21.2. The normalized spacial score (nSPS) is 23.9. The first-order valence-corrected chi connectivity index (χ1v) is 12.5. The molecule has 168 valence electrons. The van der Waals surface area contributed by atoms with E-state index in [4.69, 9.17) is 9.47 Å². The largest absolute Gasteiger partial charge is 0.447 e. The molecule has 31 heavy (non-hydrogen) atoms. The number of likely N-dealkylation sites (tertiary alicyclic amines) is 1. The van der Waals surface area contributed by atoms with Gasteiger partial charge in [-0.2, -0.15) is 0 Å². The Morgan fingerprint density at radius 2 is 2.06 bits per heavy atom. The number of nitrogens with zero attached hydrogens (tertiary/aromatic N) is 3. The minimum atomic E-state index is -3.42. The lowest BCUT2D eigenvalue weighted by Crippen LogP contribution is -2.60. The number of sulfonamides is 1. The van der Waals surface area contributed by atoms with E-state index in [-0.39, 0.29) is 25.8 Å². The minimum Gasteiger partial charge on any atom is -0.447 e. The standard InChI is InChI=1S/C21H28N4O5S/c26-21(30-14-16-3-2-10-29-16)24-12-17(13-24)31(27,28)25-8-5-15(6-9-25)19-11-23-20-18(19)4-1-7-22-20/h1,4,7,11,15-17H,2-3,5-6,8-10,12-14H2,(H,22,23)/t16-/m1/s1. The van der Waals surface area contributed by atoms with Crippen molar-refractivity contribution in [1.29, 1.82) is 0 Å². The topological polar surface area (TPSA) is 105 Å². The Morgan fingerprint density at radius 1 is 1.26 bits per heavy atom. The van der Waals surface area contributed by atoms with Crippen molar-refractivity contribution in [2.45, 2.75) is 43.0 Å². The van der Waals surface area contributed by atoms with Crippen LogP contribution in [-0.2, 0) is 19.5 Å². The van der Waals surface area contributed by atoms with Crippen LogP contribution in [0.4, 0.5) is 4.79 Å². The molecular formula is C21H28N4O5S. The van der Waals surface area contributed by atoms with E-state index < -0.39 is 21.4 Å². The first-order chi connectivity index (χ1) is 15.0. The molecule has 0 saturated carbocycles. The fourth-order valence-corrected chi connectivity index (χ4v) is 6.63. The highest BCUT2D eigenvalue weighted by molar-refractivity contribution is 7.89. The fourth-order valence-electron chi connectivity index (χ4n) is 4.75. The van der Waals surface area contributed by atoms with E-state index in [1.165, 1.54) is 10.5 Å². The fraction of sp³-hybridized carbons (Fsp3) is 0.619. The van der Waals surface area contributed by atoms with Gasteiger partial charge in [-0.3, -0.25) is 0 Å². The van der Waals surface area contributed by atoms with Crippen molar-refractivity contribution in [2.75, 3.05) is 39.4 Å². The third-order valence-electron chi connectivity index (χ3n) is 6.68. The second-order valence-electron chi connectivity index (χ2n) is 8.60. The highest BCUT2D eigenvalue weighted by atomic mass is 32.2. The molecule has 2 aromatic rings. The van der Waals surface area contributed by atoms with Crippen LogP contribution in [0.3, 0.4) is 0 Å². The number of hydrogen-bond acceptors (Lipinski definition) is 6. The summed E-state index contributed by atoms with van der Waals surface area (Å²) in [7, 11) is -3.42. The van der Waals surface area contributed by atoms with Gasteiger partial charge in [-0.25, -0.2) is 22.5 Å². The SMILES string of the molecule is O=C(OC[C@H]1CCCO1)N1CC(S(=O)(=O)N2CCC(c3c[nH]c4ncccc34)CC2)C1. The van der Waals surface area contributed by atoms with Crippen LogP contribution < -0.4 is 0 Å². The number of amides is 1. The van der Waals surface area contributed by atoms with Crippen LogP contribution in [-0.4, -0.2) is 84.4 Å². The van der Waals surface area contributed by atoms with Gasteiger partial charge in [0.25, 0.3) is 0 Å². The molecule has 9 nitrogen and oxygen atoms in total. The quantitative estimate of drug-likeness (QED) is 0.751. The molecule has 10 heteroatoms. The van der Waals surface area contributed by atoms with Crippen LogP contribution >= 0.6 is 0 Å². The average molecular weight is 449 g/mol. The van der Waals surface area contributed by atoms with Crippen molar-refractivity contribution in [3.05, 3.63) is 30.1 Å². The summed E-state index contributed by atoms with van der Waals surface area (Å²) in [6.07, 6.45) is 6.72. The highest BCUT2D eigenvalue weighted by Crippen LogP contribution is 2.34. The van der Waals surface area contributed by atoms with Crippen LogP contribution in [0.5, 0.6) is 0 Å². The maximum Gasteiger partial charge on any atom is 0.409 e. The lowest BCUT2D eigenvalue weighted by molar-refractivity contribution is 0.0226. The number of fused-ring (bicyclic) bond motifs is 1. The molecule has 3 aliphatic heterocycles. The highest BCUT2D eigenvalue weighted by Gasteiger charge is 2.44. The zero-order valence-corrected chi connectivity index (χ0v) is 18.2. The number of rotatable bonds is 5. The van der Waals surface area contributed by atoms with Crippen molar-refractivity contribution in [2.24, 2.45) is 0 Å². The number of aromatic amines is 1. The lowest BCUT2D eigenvalue weighted by atomic mass is 9.90. The molecule has 0 aromatic carbocycles. The summed E-state index contributed by atoms with van der Waals surface area (Å²) in [5, 5.41) is 0.566. The van der Waals surface area contributed by atoms with E-state index in [1.54, 1.807) is 10.5 Å². The summed E-state index contributed by atoms with van der Waals surface area (Å²) in [6.45, 7) is 2.34. The summed E-state index contributed by atoms with van der Waals surface area (Å²) in [6, 6.07) is 3.98. The Balaban J connectivity index is 1.12. The van der Waals surface area contributed by atoms with Gasteiger partial charge in [-0.1, -0.05) is 0 Å².